The lowest BCUT2D eigenvalue weighted by atomic mass is 9.87. The van der Waals surface area contributed by atoms with Gasteiger partial charge >= 0.3 is 5.91 Å². The van der Waals surface area contributed by atoms with E-state index < -0.39 is 23.1 Å². The van der Waals surface area contributed by atoms with E-state index in [2.05, 4.69) is 15.0 Å². The number of fused-ring (bicyclic) bond motifs is 1. The number of H-pyrrole nitrogens is 1. The van der Waals surface area contributed by atoms with Crippen LogP contribution in [0.1, 0.15) is 31.1 Å². The zero-order valence-corrected chi connectivity index (χ0v) is 18.1. The molecule has 0 bridgehead atoms. The van der Waals surface area contributed by atoms with Gasteiger partial charge in [-0.15, -0.1) is 0 Å². The molecule has 2 aromatic heterocycles. The molecule has 1 N–H and O–H groups in total. The van der Waals surface area contributed by atoms with Crippen LogP contribution >= 0.6 is 11.8 Å². The van der Waals surface area contributed by atoms with E-state index in [1.54, 1.807) is 17.3 Å². The summed E-state index contributed by atoms with van der Waals surface area (Å²) in [7, 11) is 0. The van der Waals surface area contributed by atoms with Crippen LogP contribution in [-0.4, -0.2) is 44.1 Å². The highest BCUT2D eigenvalue weighted by Crippen LogP contribution is 2.29. The smallest absolute Gasteiger partial charge is 0.301 e. The lowest BCUT2D eigenvalue weighted by Crippen LogP contribution is -2.41. The minimum Gasteiger partial charge on any atom is -0.344 e. The Morgan fingerprint density at radius 1 is 1.24 bits per heavy atom. The van der Waals surface area contributed by atoms with Crippen LogP contribution < -0.4 is 4.90 Å². The van der Waals surface area contributed by atoms with E-state index in [1.807, 2.05) is 45.0 Å². The molecular weight excluding hydrogens is 388 g/mol. The van der Waals surface area contributed by atoms with Gasteiger partial charge in [0.25, 0.3) is 0 Å². The van der Waals surface area contributed by atoms with E-state index >= 15 is 0 Å². The summed E-state index contributed by atoms with van der Waals surface area (Å²) in [6, 6.07) is 7.37. The van der Waals surface area contributed by atoms with Crippen molar-refractivity contribution in [1.29, 1.82) is 0 Å². The molecule has 8 heteroatoms. The molecule has 152 valence electrons. The predicted octanol–water partition coefficient (Wildman–Crippen LogP) is 2.39. The summed E-state index contributed by atoms with van der Waals surface area (Å²) in [5.41, 5.74) is 3.12. The van der Waals surface area contributed by atoms with Gasteiger partial charge < -0.3 is 9.88 Å². The summed E-state index contributed by atoms with van der Waals surface area (Å²) in [5, 5.41) is -0.222. The van der Waals surface area contributed by atoms with Gasteiger partial charge in [-0.1, -0.05) is 32.9 Å². The Bertz CT molecular complexity index is 1150. The van der Waals surface area contributed by atoms with Crippen molar-refractivity contribution < 1.29 is 14.4 Å². The van der Waals surface area contributed by atoms with Gasteiger partial charge in [-0.3, -0.25) is 14.4 Å². The Balaban J connectivity index is 1.75. The second kappa shape index (κ2) is 7.11. The van der Waals surface area contributed by atoms with Gasteiger partial charge in [0.2, 0.25) is 5.12 Å². The van der Waals surface area contributed by atoms with Crippen molar-refractivity contribution in [3.8, 4) is 11.3 Å². The molecule has 1 amide bonds. The van der Waals surface area contributed by atoms with Gasteiger partial charge in [-0.05, 0) is 17.9 Å². The minimum atomic E-state index is -0.941. The zero-order chi connectivity index (χ0) is 20.8. The van der Waals surface area contributed by atoms with Crippen molar-refractivity contribution in [2.75, 3.05) is 17.2 Å². The quantitative estimate of drug-likeness (QED) is 0.526. The van der Waals surface area contributed by atoms with Crippen LogP contribution in [0.3, 0.4) is 0 Å². The number of carbonyl (C=O) groups is 3. The van der Waals surface area contributed by atoms with Crippen molar-refractivity contribution in [2.24, 2.45) is 5.41 Å². The normalized spacial score (nSPS) is 15.5. The topological polar surface area (TPSA) is 96.0 Å². The number of aromatic amines is 1. The fourth-order valence-electron chi connectivity index (χ4n) is 3.44. The third-order valence-corrected chi connectivity index (χ3v) is 6.46. The van der Waals surface area contributed by atoms with Gasteiger partial charge in [0.1, 0.15) is 5.52 Å². The number of nitrogens with zero attached hydrogens (tertiary/aromatic N) is 3. The highest BCUT2D eigenvalue weighted by Gasteiger charge is 2.27. The first-order valence-corrected chi connectivity index (χ1v) is 11.3. The SMILES string of the molecule is CC(C)(C)C(=O)c1c[nH]c2ncc(-c3cccc(N4CC[SH4]C(=O)C4=O)c3)nc12. The summed E-state index contributed by atoms with van der Waals surface area (Å²) in [5.74, 6) is 0.373. The third-order valence-electron chi connectivity index (χ3n) is 5.03. The molecule has 0 atom stereocenters. The molecular formula is C21H24N4O3S. The summed E-state index contributed by atoms with van der Waals surface area (Å²) in [6.07, 6.45) is 3.29. The Morgan fingerprint density at radius 2 is 2.03 bits per heavy atom. The molecule has 29 heavy (non-hydrogen) atoms. The molecule has 1 saturated heterocycles. The number of benzene rings is 1. The number of rotatable bonds is 3. The third kappa shape index (κ3) is 3.55. The standard InChI is InChI=1S/C21H24N4O3S/c1-21(2,3)17(26)14-10-22-18-16(14)24-15(11-23-18)12-5-4-6-13(9-12)25-7-8-29-20(28)19(25)27/h4-6,9-11H,7-8H2,1-3H3,29H4,(H,22,23). The van der Waals surface area contributed by atoms with Crippen LogP contribution in [0.5, 0.6) is 0 Å². The molecule has 1 aromatic carbocycles. The molecule has 4 rings (SSSR count). The van der Waals surface area contributed by atoms with E-state index in [4.69, 9.17) is 0 Å². The lowest BCUT2D eigenvalue weighted by Gasteiger charge is -2.27. The van der Waals surface area contributed by atoms with Crippen LogP contribution in [-0.2, 0) is 9.59 Å². The van der Waals surface area contributed by atoms with Crippen LogP contribution in [0.25, 0.3) is 22.4 Å². The monoisotopic (exact) mass is 412 g/mol. The second-order valence-corrected chi connectivity index (χ2v) is 10.1. The highest BCUT2D eigenvalue weighted by atomic mass is 32.2. The van der Waals surface area contributed by atoms with Crippen LogP contribution in [0.15, 0.2) is 36.7 Å². The fourth-order valence-corrected chi connectivity index (χ4v) is 4.64. The molecule has 0 saturated carbocycles. The maximum absolute atomic E-state index is 12.8. The van der Waals surface area contributed by atoms with E-state index in [0.717, 1.165) is 11.3 Å². The van der Waals surface area contributed by atoms with Crippen LogP contribution in [0.2, 0.25) is 0 Å². The average Bonchev–Trinajstić information content (AvgIpc) is 3.12. The number of anilines is 1. The van der Waals surface area contributed by atoms with E-state index in [0.29, 0.717) is 34.7 Å². The number of aromatic nitrogens is 3. The fraction of sp³-hybridized carbons (Fsp3) is 0.286. The molecule has 0 spiro atoms. The highest BCUT2D eigenvalue weighted by molar-refractivity contribution is 8.15. The first-order chi connectivity index (χ1) is 13.8. The number of hydrogen-bond donors (Lipinski definition) is 1. The maximum atomic E-state index is 12.8. The summed E-state index contributed by atoms with van der Waals surface area (Å²) in [6.45, 7) is 6.19. The summed E-state index contributed by atoms with van der Waals surface area (Å²) < 4.78 is 0. The largest absolute Gasteiger partial charge is 0.344 e. The maximum Gasteiger partial charge on any atom is 0.301 e. The van der Waals surface area contributed by atoms with Gasteiger partial charge in [-0.25, -0.2) is 21.7 Å². The molecule has 0 unspecified atom stereocenters. The summed E-state index contributed by atoms with van der Waals surface area (Å²) >= 11 is -0.941. The molecule has 1 aliphatic heterocycles. The van der Waals surface area contributed by atoms with Crippen molar-refractivity contribution in [3.63, 3.8) is 0 Å². The number of ketones is 1. The molecule has 0 radical (unpaired) electrons. The molecule has 3 aromatic rings. The predicted molar refractivity (Wildman–Crippen MR) is 119 cm³/mol. The van der Waals surface area contributed by atoms with E-state index in [1.165, 1.54) is 0 Å². The van der Waals surface area contributed by atoms with E-state index in [-0.39, 0.29) is 10.9 Å². The van der Waals surface area contributed by atoms with Gasteiger partial charge in [0, 0.05) is 29.4 Å². The second-order valence-electron chi connectivity index (χ2n) is 8.27. The van der Waals surface area contributed by atoms with E-state index in [9.17, 15) is 14.4 Å². The first-order valence-electron chi connectivity index (χ1n) is 9.60. The molecule has 0 aliphatic carbocycles. The molecule has 1 aliphatic rings. The average molecular weight is 413 g/mol. The Morgan fingerprint density at radius 3 is 2.79 bits per heavy atom. The number of amides is 1. The van der Waals surface area contributed by atoms with Crippen LogP contribution in [0.4, 0.5) is 5.69 Å². The first kappa shape index (κ1) is 19.3. The molecule has 3 heterocycles. The minimum absolute atomic E-state index is 0.00876. The molecule has 7 nitrogen and oxygen atoms in total. The van der Waals surface area contributed by atoms with Crippen molar-refractivity contribution in [1.82, 2.24) is 15.0 Å². The number of Topliss-reactive ketones (excluding diaryl/α,β-unsaturated/α-hetero) is 1. The van der Waals surface area contributed by atoms with Crippen molar-refractivity contribution in [2.45, 2.75) is 20.8 Å². The van der Waals surface area contributed by atoms with Gasteiger partial charge in [0.15, 0.2) is 11.4 Å². The number of nitrogens with one attached hydrogen (secondary N) is 1. The van der Waals surface area contributed by atoms with Gasteiger partial charge in [0.05, 0.1) is 17.5 Å². The molecule has 1 fully saturated rings. The Hall–Kier alpha value is -3.00. The number of carbonyl (C=O) groups excluding carboxylic acids is 3. The number of hydrogen-bond acceptors (Lipinski definition) is 5. The summed E-state index contributed by atoms with van der Waals surface area (Å²) in [4.78, 5) is 50.5. The zero-order valence-electron chi connectivity index (χ0n) is 16.7. The van der Waals surface area contributed by atoms with Gasteiger partial charge in [-0.2, -0.15) is 0 Å². The van der Waals surface area contributed by atoms with Crippen LogP contribution in [0, 0.1) is 5.41 Å². The Kier molecular flexibility index (Phi) is 4.74. The van der Waals surface area contributed by atoms with Crippen molar-refractivity contribution in [3.05, 3.63) is 42.2 Å². The Labute approximate surface area is 171 Å². The van der Waals surface area contributed by atoms with Crippen molar-refractivity contribution >= 4 is 45.4 Å². The lowest BCUT2D eigenvalue weighted by molar-refractivity contribution is -0.131.